The lowest BCUT2D eigenvalue weighted by molar-refractivity contribution is 0.324. The molecule has 0 saturated heterocycles. The molecule has 0 unspecified atom stereocenters. The van der Waals surface area contributed by atoms with Crippen LogP contribution in [0.3, 0.4) is 0 Å². The van der Waals surface area contributed by atoms with Crippen LogP contribution in [0.15, 0.2) is 16.5 Å². The summed E-state index contributed by atoms with van der Waals surface area (Å²) in [5.74, 6) is 2.32. The molecule has 0 aliphatic carbocycles. The minimum Gasteiger partial charge on any atom is -0.493 e. The van der Waals surface area contributed by atoms with Crippen LogP contribution in [0.25, 0.3) is 0 Å². The van der Waals surface area contributed by atoms with E-state index in [1.54, 1.807) is 21.3 Å². The van der Waals surface area contributed by atoms with E-state index < -0.39 is 0 Å². The van der Waals surface area contributed by atoms with Crippen LogP contribution in [0.2, 0.25) is 0 Å². The van der Waals surface area contributed by atoms with E-state index in [-0.39, 0.29) is 0 Å². The van der Waals surface area contributed by atoms with Gasteiger partial charge in [-0.1, -0.05) is 5.10 Å². The molecule has 0 aliphatic heterocycles. The van der Waals surface area contributed by atoms with E-state index in [4.69, 9.17) is 18.6 Å². The van der Waals surface area contributed by atoms with Gasteiger partial charge in [-0.3, -0.25) is 0 Å². The second-order valence-electron chi connectivity index (χ2n) is 5.13. The molecule has 1 aromatic heterocycles. The molecule has 1 N–H and O–H groups in total. The highest BCUT2D eigenvalue weighted by Crippen LogP contribution is 2.38. The number of hydrogen-bond acceptors (Lipinski definition) is 8. The molecule has 0 saturated carbocycles. The van der Waals surface area contributed by atoms with Crippen molar-refractivity contribution in [2.24, 2.45) is 0 Å². The second-order valence-corrected chi connectivity index (χ2v) is 5.13. The first-order chi connectivity index (χ1) is 11.1. The Labute approximate surface area is 135 Å². The predicted molar refractivity (Wildman–Crippen MR) is 85.1 cm³/mol. The SMILES string of the molecule is COc1cc(CNc2nnc(CN(C)C)o2)cc(OC)c1OC. The van der Waals surface area contributed by atoms with Crippen molar-refractivity contribution in [2.75, 3.05) is 40.7 Å². The van der Waals surface area contributed by atoms with Gasteiger partial charge in [0.15, 0.2) is 11.5 Å². The summed E-state index contributed by atoms with van der Waals surface area (Å²) in [5.41, 5.74) is 0.937. The summed E-state index contributed by atoms with van der Waals surface area (Å²) in [4.78, 5) is 1.95. The number of ether oxygens (including phenoxy) is 3. The van der Waals surface area contributed by atoms with Gasteiger partial charge in [-0.2, -0.15) is 0 Å². The van der Waals surface area contributed by atoms with Gasteiger partial charge in [0.25, 0.3) is 0 Å². The Morgan fingerprint density at radius 2 is 1.70 bits per heavy atom. The maximum Gasteiger partial charge on any atom is 0.315 e. The minimum absolute atomic E-state index is 0.371. The standard InChI is InChI=1S/C15H22N4O4/c1-19(2)9-13-17-18-15(23-13)16-8-10-6-11(20-3)14(22-5)12(7-10)21-4/h6-7H,8-9H2,1-5H3,(H,16,18). The summed E-state index contributed by atoms with van der Waals surface area (Å²) in [6.07, 6.45) is 0. The average Bonchev–Trinajstić information content (AvgIpc) is 2.98. The van der Waals surface area contributed by atoms with Crippen molar-refractivity contribution in [3.05, 3.63) is 23.6 Å². The summed E-state index contributed by atoms with van der Waals surface area (Å²) in [6, 6.07) is 4.10. The highest BCUT2D eigenvalue weighted by Gasteiger charge is 2.14. The molecule has 0 radical (unpaired) electrons. The highest BCUT2D eigenvalue weighted by atomic mass is 16.5. The lowest BCUT2D eigenvalue weighted by atomic mass is 10.2. The lowest BCUT2D eigenvalue weighted by Crippen LogP contribution is -2.10. The van der Waals surface area contributed by atoms with Gasteiger partial charge in [0, 0.05) is 6.54 Å². The van der Waals surface area contributed by atoms with Crippen LogP contribution in [0, 0.1) is 0 Å². The van der Waals surface area contributed by atoms with Crippen LogP contribution in [0.4, 0.5) is 6.01 Å². The molecule has 0 atom stereocenters. The van der Waals surface area contributed by atoms with Gasteiger partial charge in [-0.25, -0.2) is 0 Å². The molecule has 0 aliphatic rings. The second kappa shape index (κ2) is 7.68. The number of hydrogen-bond donors (Lipinski definition) is 1. The third-order valence-corrected chi connectivity index (χ3v) is 3.09. The fourth-order valence-electron chi connectivity index (χ4n) is 2.07. The van der Waals surface area contributed by atoms with Crippen LogP contribution in [-0.4, -0.2) is 50.5 Å². The summed E-state index contributed by atoms with van der Waals surface area (Å²) >= 11 is 0. The molecule has 2 aromatic rings. The van der Waals surface area contributed by atoms with E-state index in [1.165, 1.54) is 0 Å². The summed E-state index contributed by atoms with van der Waals surface area (Å²) in [5, 5.41) is 11.0. The Kier molecular flexibility index (Phi) is 5.64. The van der Waals surface area contributed by atoms with E-state index in [2.05, 4.69) is 15.5 Å². The third-order valence-electron chi connectivity index (χ3n) is 3.09. The number of benzene rings is 1. The lowest BCUT2D eigenvalue weighted by Gasteiger charge is -2.14. The fourth-order valence-corrected chi connectivity index (χ4v) is 2.07. The quantitative estimate of drug-likeness (QED) is 0.787. The van der Waals surface area contributed by atoms with E-state index in [1.807, 2.05) is 31.1 Å². The topological polar surface area (TPSA) is 81.9 Å². The molecule has 2 rings (SSSR count). The van der Waals surface area contributed by atoms with E-state index in [0.717, 1.165) is 5.56 Å². The zero-order valence-electron chi connectivity index (χ0n) is 14.0. The van der Waals surface area contributed by atoms with Crippen molar-refractivity contribution in [2.45, 2.75) is 13.1 Å². The van der Waals surface area contributed by atoms with Gasteiger partial charge in [0.1, 0.15) is 0 Å². The van der Waals surface area contributed by atoms with Crippen molar-refractivity contribution < 1.29 is 18.6 Å². The number of nitrogens with one attached hydrogen (secondary N) is 1. The molecule has 1 heterocycles. The third kappa shape index (κ3) is 4.26. The molecule has 126 valence electrons. The maximum absolute atomic E-state index is 5.51. The van der Waals surface area contributed by atoms with Crippen molar-refractivity contribution in [1.82, 2.24) is 15.1 Å². The van der Waals surface area contributed by atoms with Crippen LogP contribution in [-0.2, 0) is 13.1 Å². The van der Waals surface area contributed by atoms with Crippen LogP contribution in [0.5, 0.6) is 17.2 Å². The predicted octanol–water partition coefficient (Wildman–Crippen LogP) is 1.77. The Morgan fingerprint density at radius 3 is 2.22 bits per heavy atom. The van der Waals surface area contributed by atoms with E-state index >= 15 is 0 Å². The van der Waals surface area contributed by atoms with E-state index in [0.29, 0.717) is 42.2 Å². The molecule has 8 heteroatoms. The monoisotopic (exact) mass is 322 g/mol. The van der Waals surface area contributed by atoms with E-state index in [9.17, 15) is 0 Å². The first-order valence-electron chi connectivity index (χ1n) is 7.07. The molecular weight excluding hydrogens is 300 g/mol. The van der Waals surface area contributed by atoms with Crippen molar-refractivity contribution in [1.29, 1.82) is 0 Å². The van der Waals surface area contributed by atoms with Gasteiger partial charge in [-0.15, -0.1) is 5.10 Å². The summed E-state index contributed by atoms with van der Waals surface area (Å²) in [7, 11) is 8.61. The van der Waals surface area contributed by atoms with Gasteiger partial charge in [0.05, 0.1) is 27.9 Å². The zero-order chi connectivity index (χ0) is 16.8. The minimum atomic E-state index is 0.371. The Balaban J connectivity index is 2.09. The fraction of sp³-hybridized carbons (Fsp3) is 0.467. The zero-order valence-corrected chi connectivity index (χ0v) is 14.0. The number of anilines is 1. The largest absolute Gasteiger partial charge is 0.493 e. The molecule has 0 fully saturated rings. The number of aromatic nitrogens is 2. The summed E-state index contributed by atoms with van der Waals surface area (Å²) in [6.45, 7) is 1.08. The smallest absolute Gasteiger partial charge is 0.315 e. The van der Waals surface area contributed by atoms with Gasteiger partial charge in [0.2, 0.25) is 11.6 Å². The number of nitrogens with zero attached hydrogens (tertiary/aromatic N) is 3. The molecule has 1 aromatic carbocycles. The van der Waals surface area contributed by atoms with Crippen molar-refractivity contribution >= 4 is 6.01 Å². The number of rotatable bonds is 8. The molecular formula is C15H22N4O4. The van der Waals surface area contributed by atoms with Crippen LogP contribution < -0.4 is 19.5 Å². The molecule has 23 heavy (non-hydrogen) atoms. The molecule has 0 bridgehead atoms. The summed E-state index contributed by atoms with van der Waals surface area (Å²) < 4.78 is 21.5. The van der Waals surface area contributed by atoms with Gasteiger partial charge >= 0.3 is 6.01 Å². The number of methoxy groups -OCH3 is 3. The van der Waals surface area contributed by atoms with Crippen molar-refractivity contribution in [3.8, 4) is 17.2 Å². The molecule has 0 amide bonds. The van der Waals surface area contributed by atoms with Gasteiger partial charge < -0.3 is 28.8 Å². The first-order valence-corrected chi connectivity index (χ1v) is 7.07. The van der Waals surface area contributed by atoms with Gasteiger partial charge in [-0.05, 0) is 31.8 Å². The van der Waals surface area contributed by atoms with Crippen LogP contribution >= 0.6 is 0 Å². The Bertz CT molecular complexity index is 617. The normalized spacial score (nSPS) is 10.7. The Hall–Kier alpha value is -2.48. The maximum atomic E-state index is 5.51. The first kappa shape index (κ1) is 16.9. The highest BCUT2D eigenvalue weighted by molar-refractivity contribution is 5.54. The average molecular weight is 322 g/mol. The Morgan fingerprint density at radius 1 is 1.04 bits per heavy atom. The molecule has 8 nitrogen and oxygen atoms in total. The van der Waals surface area contributed by atoms with Crippen molar-refractivity contribution in [3.63, 3.8) is 0 Å². The molecule has 0 spiro atoms. The van der Waals surface area contributed by atoms with Crippen LogP contribution in [0.1, 0.15) is 11.5 Å².